The lowest BCUT2D eigenvalue weighted by atomic mass is 9.94. The van der Waals surface area contributed by atoms with E-state index in [0.717, 1.165) is 17.3 Å². The highest BCUT2D eigenvalue weighted by Gasteiger charge is 2.13. The molecule has 0 N–H and O–H groups in total. The molecule has 19 heavy (non-hydrogen) atoms. The molecule has 0 bridgehead atoms. The van der Waals surface area contributed by atoms with Crippen molar-refractivity contribution in [2.24, 2.45) is 0 Å². The van der Waals surface area contributed by atoms with Crippen LogP contribution in [0.4, 0.5) is 4.39 Å². The number of rotatable bonds is 10. The van der Waals surface area contributed by atoms with Gasteiger partial charge in [0.05, 0.1) is 0 Å². The molecule has 0 aliphatic heterocycles. The zero-order chi connectivity index (χ0) is 13.9. The van der Waals surface area contributed by atoms with Gasteiger partial charge in [0, 0.05) is 5.33 Å². The Hall–Kier alpha value is -0.370. The predicted molar refractivity (Wildman–Crippen MR) is 85.5 cm³/mol. The van der Waals surface area contributed by atoms with E-state index in [-0.39, 0.29) is 5.82 Å². The summed E-state index contributed by atoms with van der Waals surface area (Å²) in [5.74, 6) is 0.256. The van der Waals surface area contributed by atoms with E-state index >= 15 is 0 Å². The van der Waals surface area contributed by atoms with E-state index in [2.05, 4.69) is 22.9 Å². The fraction of sp³-hybridized carbons (Fsp3) is 0.647. The average molecular weight is 329 g/mol. The highest BCUT2D eigenvalue weighted by molar-refractivity contribution is 9.09. The fourth-order valence-electron chi connectivity index (χ4n) is 2.47. The summed E-state index contributed by atoms with van der Waals surface area (Å²) in [6, 6.07) is 7.18. The normalized spacial score (nSPS) is 12.6. The molecule has 108 valence electrons. The van der Waals surface area contributed by atoms with Crippen LogP contribution in [-0.2, 0) is 0 Å². The Morgan fingerprint density at radius 3 is 2.26 bits per heavy atom. The lowest BCUT2D eigenvalue weighted by molar-refractivity contribution is 0.534. The largest absolute Gasteiger partial charge is 0.207 e. The van der Waals surface area contributed by atoms with Gasteiger partial charge in [0.1, 0.15) is 5.82 Å². The standard InChI is InChI=1S/C17H26BrF/c1-2-3-4-5-6-7-8-11-15(14-18)16-12-9-10-13-17(16)19/h9-10,12-13,15H,2-8,11,14H2,1H3. The van der Waals surface area contributed by atoms with E-state index in [4.69, 9.17) is 0 Å². The molecule has 0 heterocycles. The summed E-state index contributed by atoms with van der Waals surface area (Å²) in [6.45, 7) is 2.25. The maximum absolute atomic E-state index is 13.7. The first-order chi connectivity index (χ1) is 9.29. The van der Waals surface area contributed by atoms with Gasteiger partial charge in [-0.15, -0.1) is 0 Å². The molecular formula is C17H26BrF. The van der Waals surface area contributed by atoms with Crippen LogP contribution in [0.15, 0.2) is 24.3 Å². The fourth-order valence-corrected chi connectivity index (χ4v) is 3.14. The van der Waals surface area contributed by atoms with Crippen molar-refractivity contribution in [1.29, 1.82) is 0 Å². The first kappa shape index (κ1) is 16.7. The van der Waals surface area contributed by atoms with Crippen LogP contribution in [-0.4, -0.2) is 5.33 Å². The minimum absolute atomic E-state index is 0.0603. The molecule has 1 aromatic carbocycles. The van der Waals surface area contributed by atoms with Gasteiger partial charge in [0.15, 0.2) is 0 Å². The first-order valence-corrected chi connectivity index (χ1v) is 8.72. The van der Waals surface area contributed by atoms with Crippen LogP contribution in [0.3, 0.4) is 0 Å². The number of hydrogen-bond acceptors (Lipinski definition) is 0. The summed E-state index contributed by atoms with van der Waals surface area (Å²) in [4.78, 5) is 0. The molecule has 0 aliphatic carbocycles. The lowest BCUT2D eigenvalue weighted by Gasteiger charge is -2.15. The molecule has 1 unspecified atom stereocenters. The van der Waals surface area contributed by atoms with Gasteiger partial charge >= 0.3 is 0 Å². The van der Waals surface area contributed by atoms with E-state index in [9.17, 15) is 4.39 Å². The topological polar surface area (TPSA) is 0 Å². The summed E-state index contributed by atoms with van der Waals surface area (Å²) in [6.07, 6.45) is 10.3. The van der Waals surface area contributed by atoms with Crippen LogP contribution in [0.2, 0.25) is 0 Å². The van der Waals surface area contributed by atoms with Crippen molar-refractivity contribution in [2.75, 3.05) is 5.33 Å². The van der Waals surface area contributed by atoms with Crippen LogP contribution in [0.5, 0.6) is 0 Å². The Kier molecular flexibility index (Phi) is 9.15. The molecule has 0 aliphatic rings. The molecule has 0 spiro atoms. The number of hydrogen-bond donors (Lipinski definition) is 0. The average Bonchev–Trinajstić information content (AvgIpc) is 2.43. The number of unbranched alkanes of at least 4 members (excludes halogenated alkanes) is 6. The Morgan fingerprint density at radius 1 is 1.00 bits per heavy atom. The molecule has 2 heteroatoms. The highest BCUT2D eigenvalue weighted by Crippen LogP contribution is 2.26. The van der Waals surface area contributed by atoms with Crippen LogP contribution in [0.1, 0.15) is 69.8 Å². The molecule has 0 saturated carbocycles. The summed E-state index contributed by atoms with van der Waals surface area (Å²) >= 11 is 3.52. The molecule has 0 nitrogen and oxygen atoms in total. The zero-order valence-corrected chi connectivity index (χ0v) is 13.6. The van der Waals surface area contributed by atoms with Crippen LogP contribution >= 0.6 is 15.9 Å². The molecule has 0 aromatic heterocycles. The maximum Gasteiger partial charge on any atom is 0.126 e. The quantitative estimate of drug-likeness (QED) is 0.342. The monoisotopic (exact) mass is 328 g/mol. The zero-order valence-electron chi connectivity index (χ0n) is 12.0. The van der Waals surface area contributed by atoms with Crippen LogP contribution in [0, 0.1) is 5.82 Å². The maximum atomic E-state index is 13.7. The molecular weight excluding hydrogens is 303 g/mol. The lowest BCUT2D eigenvalue weighted by Crippen LogP contribution is -2.03. The van der Waals surface area contributed by atoms with Crippen molar-refractivity contribution in [3.63, 3.8) is 0 Å². The molecule has 1 rings (SSSR count). The summed E-state index contributed by atoms with van der Waals surface area (Å²) < 4.78 is 13.7. The molecule has 0 saturated heterocycles. The second kappa shape index (κ2) is 10.4. The minimum Gasteiger partial charge on any atom is -0.207 e. The summed E-state index contributed by atoms with van der Waals surface area (Å²) in [7, 11) is 0. The smallest absolute Gasteiger partial charge is 0.126 e. The summed E-state index contributed by atoms with van der Waals surface area (Å²) in [5, 5.41) is 0.851. The van der Waals surface area contributed by atoms with Gasteiger partial charge in [-0.2, -0.15) is 0 Å². The van der Waals surface area contributed by atoms with Crippen molar-refractivity contribution < 1.29 is 4.39 Å². The predicted octanol–water partition coefficient (Wildman–Crippen LogP) is 6.44. The Labute approximate surface area is 125 Å². The van der Waals surface area contributed by atoms with Gasteiger partial charge in [-0.25, -0.2) is 4.39 Å². The van der Waals surface area contributed by atoms with Crippen LogP contribution in [0.25, 0.3) is 0 Å². The van der Waals surface area contributed by atoms with Crippen molar-refractivity contribution >= 4 is 15.9 Å². The highest BCUT2D eigenvalue weighted by atomic mass is 79.9. The van der Waals surface area contributed by atoms with E-state index in [1.807, 2.05) is 12.1 Å². The SMILES string of the molecule is CCCCCCCCCC(CBr)c1ccccc1F. The van der Waals surface area contributed by atoms with E-state index in [1.165, 1.54) is 44.9 Å². The first-order valence-electron chi connectivity index (χ1n) is 7.60. The minimum atomic E-state index is -0.0603. The van der Waals surface area contributed by atoms with Gasteiger partial charge in [0.25, 0.3) is 0 Å². The third kappa shape index (κ3) is 6.56. The van der Waals surface area contributed by atoms with Crippen molar-refractivity contribution in [3.8, 4) is 0 Å². The Bertz CT molecular complexity index is 338. The molecule has 0 radical (unpaired) electrons. The third-order valence-electron chi connectivity index (χ3n) is 3.69. The molecule has 0 fully saturated rings. The number of halogens is 2. The van der Waals surface area contributed by atoms with E-state index in [0.29, 0.717) is 5.92 Å². The van der Waals surface area contributed by atoms with Gasteiger partial charge in [0.2, 0.25) is 0 Å². The Morgan fingerprint density at radius 2 is 1.63 bits per heavy atom. The molecule has 1 aromatic rings. The second-order valence-corrected chi connectivity index (χ2v) is 5.93. The van der Waals surface area contributed by atoms with Crippen molar-refractivity contribution in [2.45, 2.75) is 64.2 Å². The third-order valence-corrected chi connectivity index (χ3v) is 4.47. The number of benzene rings is 1. The van der Waals surface area contributed by atoms with Crippen LogP contribution < -0.4 is 0 Å². The van der Waals surface area contributed by atoms with Crippen molar-refractivity contribution in [1.82, 2.24) is 0 Å². The van der Waals surface area contributed by atoms with E-state index < -0.39 is 0 Å². The van der Waals surface area contributed by atoms with Gasteiger partial charge in [-0.05, 0) is 24.0 Å². The van der Waals surface area contributed by atoms with Gasteiger partial charge < -0.3 is 0 Å². The van der Waals surface area contributed by atoms with E-state index in [1.54, 1.807) is 12.1 Å². The second-order valence-electron chi connectivity index (χ2n) is 5.28. The molecule has 1 atom stereocenters. The number of alkyl halides is 1. The van der Waals surface area contributed by atoms with Crippen molar-refractivity contribution in [3.05, 3.63) is 35.6 Å². The van der Waals surface area contributed by atoms with Gasteiger partial charge in [-0.3, -0.25) is 0 Å². The molecule has 0 amide bonds. The van der Waals surface area contributed by atoms with Gasteiger partial charge in [-0.1, -0.05) is 86.0 Å². The Balaban J connectivity index is 2.24. The summed E-state index contributed by atoms with van der Waals surface area (Å²) in [5.41, 5.74) is 0.866.